The third-order valence-electron chi connectivity index (χ3n) is 4.01. The van der Waals surface area contributed by atoms with Crippen molar-refractivity contribution in [1.82, 2.24) is 5.32 Å². The molecule has 0 radical (unpaired) electrons. The fourth-order valence-corrected chi connectivity index (χ4v) is 2.79. The molecule has 1 aromatic rings. The quantitative estimate of drug-likeness (QED) is 0.862. The molecule has 92 valence electrons. The summed E-state index contributed by atoms with van der Waals surface area (Å²) in [5.74, 6) is 1.49. The summed E-state index contributed by atoms with van der Waals surface area (Å²) in [6.07, 6.45) is 3.95. The molecule has 0 spiro atoms. The molecule has 2 heterocycles. The molecule has 1 N–H and O–H groups in total. The molecule has 2 saturated heterocycles. The van der Waals surface area contributed by atoms with E-state index in [0.717, 1.165) is 19.1 Å². The largest absolute Gasteiger partial charge is 0.380 e. The number of ether oxygens (including phenoxy) is 1. The highest BCUT2D eigenvalue weighted by Gasteiger charge is 2.20. The zero-order valence-electron chi connectivity index (χ0n) is 10.3. The van der Waals surface area contributed by atoms with Gasteiger partial charge in [0.2, 0.25) is 0 Å². The van der Waals surface area contributed by atoms with Crippen LogP contribution in [-0.2, 0) is 11.2 Å². The van der Waals surface area contributed by atoms with Crippen LogP contribution in [0.15, 0.2) is 24.3 Å². The van der Waals surface area contributed by atoms with Gasteiger partial charge in [-0.2, -0.15) is 0 Å². The van der Waals surface area contributed by atoms with Crippen LogP contribution in [-0.4, -0.2) is 26.3 Å². The minimum atomic E-state index is 0.653. The van der Waals surface area contributed by atoms with Gasteiger partial charge in [-0.05, 0) is 49.4 Å². The molecule has 0 saturated carbocycles. The van der Waals surface area contributed by atoms with Crippen molar-refractivity contribution in [3.63, 3.8) is 0 Å². The molecule has 0 aliphatic carbocycles. The van der Waals surface area contributed by atoms with Crippen molar-refractivity contribution in [3.8, 4) is 0 Å². The van der Waals surface area contributed by atoms with Gasteiger partial charge in [-0.3, -0.25) is 0 Å². The van der Waals surface area contributed by atoms with Crippen molar-refractivity contribution in [3.05, 3.63) is 35.4 Å². The van der Waals surface area contributed by atoms with Gasteiger partial charge in [0.05, 0.1) is 13.2 Å². The zero-order valence-corrected chi connectivity index (χ0v) is 10.3. The van der Waals surface area contributed by atoms with E-state index in [1.165, 1.54) is 43.5 Å². The van der Waals surface area contributed by atoms with Gasteiger partial charge in [0.1, 0.15) is 0 Å². The van der Waals surface area contributed by atoms with Crippen LogP contribution in [0.1, 0.15) is 29.9 Å². The maximum Gasteiger partial charge on any atom is 0.0557 e. The van der Waals surface area contributed by atoms with E-state index < -0.39 is 0 Å². The maximum atomic E-state index is 5.23. The number of piperidine rings is 1. The van der Waals surface area contributed by atoms with E-state index in [1.807, 2.05) is 0 Å². The topological polar surface area (TPSA) is 21.3 Å². The lowest BCUT2D eigenvalue weighted by molar-refractivity contribution is 0.00841. The number of nitrogens with one attached hydrogen (secondary N) is 1. The second-order valence-electron chi connectivity index (χ2n) is 5.39. The van der Waals surface area contributed by atoms with Gasteiger partial charge in [0.25, 0.3) is 0 Å². The molecule has 0 bridgehead atoms. The van der Waals surface area contributed by atoms with Crippen LogP contribution in [0.4, 0.5) is 0 Å². The molecule has 2 fully saturated rings. The van der Waals surface area contributed by atoms with Crippen molar-refractivity contribution in [2.75, 3.05) is 26.3 Å². The van der Waals surface area contributed by atoms with Crippen LogP contribution >= 0.6 is 0 Å². The van der Waals surface area contributed by atoms with E-state index in [1.54, 1.807) is 0 Å². The summed E-state index contributed by atoms with van der Waals surface area (Å²) in [5.41, 5.74) is 2.93. The number of rotatable bonds is 3. The molecular formula is C15H21NO. The van der Waals surface area contributed by atoms with Gasteiger partial charge in [0.15, 0.2) is 0 Å². The van der Waals surface area contributed by atoms with Crippen molar-refractivity contribution < 1.29 is 4.74 Å². The van der Waals surface area contributed by atoms with E-state index in [-0.39, 0.29) is 0 Å². The Labute approximate surface area is 103 Å². The second-order valence-corrected chi connectivity index (χ2v) is 5.39. The van der Waals surface area contributed by atoms with Crippen molar-refractivity contribution in [2.45, 2.75) is 25.2 Å². The first kappa shape index (κ1) is 11.2. The first-order valence-corrected chi connectivity index (χ1v) is 6.79. The third kappa shape index (κ3) is 2.70. The van der Waals surface area contributed by atoms with Crippen LogP contribution in [0.5, 0.6) is 0 Å². The lowest BCUT2D eigenvalue weighted by atomic mass is 9.90. The molecule has 1 unspecified atom stereocenters. The Balaban J connectivity index is 1.59. The predicted octanol–water partition coefficient (Wildman–Crippen LogP) is 2.34. The third-order valence-corrected chi connectivity index (χ3v) is 4.01. The maximum absolute atomic E-state index is 5.23. The lowest BCUT2D eigenvalue weighted by Crippen LogP contribution is -2.30. The van der Waals surface area contributed by atoms with Crippen molar-refractivity contribution in [2.24, 2.45) is 5.92 Å². The molecule has 2 aliphatic heterocycles. The van der Waals surface area contributed by atoms with E-state index in [4.69, 9.17) is 4.74 Å². The Morgan fingerprint density at radius 1 is 1.18 bits per heavy atom. The molecule has 2 nitrogen and oxygen atoms in total. The Morgan fingerprint density at radius 3 is 2.59 bits per heavy atom. The van der Waals surface area contributed by atoms with Gasteiger partial charge >= 0.3 is 0 Å². The monoisotopic (exact) mass is 231 g/mol. The predicted molar refractivity (Wildman–Crippen MR) is 69.3 cm³/mol. The van der Waals surface area contributed by atoms with Gasteiger partial charge in [-0.1, -0.05) is 24.3 Å². The molecule has 1 atom stereocenters. The number of hydrogen-bond donors (Lipinski definition) is 1. The lowest BCUT2D eigenvalue weighted by Gasteiger charge is -2.27. The molecule has 17 heavy (non-hydrogen) atoms. The molecule has 2 aliphatic rings. The Kier molecular flexibility index (Phi) is 3.44. The standard InChI is InChI=1S/C15H21NO/c1-2-13(9-16-7-1)8-12-3-5-14(6-4-12)15-10-17-11-15/h3-6,13,15-16H,1-2,7-11H2. The summed E-state index contributed by atoms with van der Waals surface area (Å²) >= 11 is 0. The van der Waals surface area contributed by atoms with Gasteiger partial charge in [-0.25, -0.2) is 0 Å². The van der Waals surface area contributed by atoms with Crippen LogP contribution in [0.3, 0.4) is 0 Å². The molecule has 0 amide bonds. The SMILES string of the molecule is c1cc(C2COC2)ccc1CC1CCCNC1. The summed E-state index contributed by atoms with van der Waals surface area (Å²) in [7, 11) is 0. The average molecular weight is 231 g/mol. The van der Waals surface area contributed by atoms with Crippen LogP contribution < -0.4 is 5.32 Å². The molecular weight excluding hydrogens is 210 g/mol. The summed E-state index contributed by atoms with van der Waals surface area (Å²) in [4.78, 5) is 0. The fourth-order valence-electron chi connectivity index (χ4n) is 2.79. The average Bonchev–Trinajstić information content (AvgIpc) is 2.31. The van der Waals surface area contributed by atoms with Crippen LogP contribution in [0.25, 0.3) is 0 Å². The van der Waals surface area contributed by atoms with Crippen LogP contribution in [0, 0.1) is 5.92 Å². The normalized spacial score (nSPS) is 25.5. The first-order valence-electron chi connectivity index (χ1n) is 6.79. The molecule has 1 aromatic carbocycles. The van der Waals surface area contributed by atoms with Crippen molar-refractivity contribution in [1.29, 1.82) is 0 Å². The number of hydrogen-bond acceptors (Lipinski definition) is 2. The molecule has 2 heteroatoms. The van der Waals surface area contributed by atoms with Gasteiger partial charge < -0.3 is 10.1 Å². The zero-order chi connectivity index (χ0) is 11.5. The Bertz CT molecular complexity index is 350. The minimum Gasteiger partial charge on any atom is -0.380 e. The molecule has 3 rings (SSSR count). The van der Waals surface area contributed by atoms with E-state index >= 15 is 0 Å². The van der Waals surface area contributed by atoms with Gasteiger partial charge in [-0.15, -0.1) is 0 Å². The number of benzene rings is 1. The van der Waals surface area contributed by atoms with Crippen LogP contribution in [0.2, 0.25) is 0 Å². The van der Waals surface area contributed by atoms with Gasteiger partial charge in [0, 0.05) is 5.92 Å². The van der Waals surface area contributed by atoms with E-state index in [9.17, 15) is 0 Å². The Hall–Kier alpha value is -0.860. The highest BCUT2D eigenvalue weighted by molar-refractivity contribution is 5.26. The van der Waals surface area contributed by atoms with E-state index in [2.05, 4.69) is 29.6 Å². The summed E-state index contributed by atoms with van der Waals surface area (Å²) in [6.45, 7) is 4.22. The summed E-state index contributed by atoms with van der Waals surface area (Å²) < 4.78 is 5.23. The Morgan fingerprint density at radius 2 is 2.00 bits per heavy atom. The fraction of sp³-hybridized carbons (Fsp3) is 0.600. The van der Waals surface area contributed by atoms with E-state index in [0.29, 0.717) is 5.92 Å². The summed E-state index contributed by atoms with van der Waals surface area (Å²) in [6, 6.07) is 9.20. The second kappa shape index (κ2) is 5.19. The smallest absolute Gasteiger partial charge is 0.0557 e. The first-order chi connectivity index (χ1) is 8.42. The minimum absolute atomic E-state index is 0.653. The highest BCUT2D eigenvalue weighted by Crippen LogP contribution is 2.25. The molecule has 0 aromatic heterocycles. The van der Waals surface area contributed by atoms with Crippen molar-refractivity contribution >= 4 is 0 Å². The summed E-state index contributed by atoms with van der Waals surface area (Å²) in [5, 5.41) is 3.49. The highest BCUT2D eigenvalue weighted by atomic mass is 16.5.